The van der Waals surface area contributed by atoms with E-state index in [1.165, 1.54) is 0 Å². The number of urea groups is 1. The first-order valence-corrected chi connectivity index (χ1v) is 9.75. The van der Waals surface area contributed by atoms with Crippen molar-refractivity contribution in [2.24, 2.45) is 11.3 Å². The lowest BCUT2D eigenvalue weighted by Crippen LogP contribution is -2.54. The minimum atomic E-state index is -0.969. The molecule has 8 heteroatoms. The molecular formula is C21H27N3O5. The van der Waals surface area contributed by atoms with E-state index >= 15 is 0 Å². The topological polar surface area (TPSA) is 105 Å². The predicted octanol–water partition coefficient (Wildman–Crippen LogP) is 2.31. The molecule has 156 valence electrons. The van der Waals surface area contributed by atoms with E-state index in [1.54, 1.807) is 24.3 Å². The van der Waals surface area contributed by atoms with Crippen LogP contribution in [0.3, 0.4) is 0 Å². The molecule has 2 aliphatic rings. The number of hydrogen-bond acceptors (Lipinski definition) is 5. The van der Waals surface area contributed by atoms with Crippen LogP contribution >= 0.6 is 0 Å². The average molecular weight is 401 g/mol. The molecule has 0 aromatic heterocycles. The van der Waals surface area contributed by atoms with Crippen LogP contribution in [0.5, 0.6) is 0 Å². The SMILES string of the molecule is C[C@@H]1CC(C)(C)C[C@@]2(C1)NC(=O)N(CC(=O)OCC(=O)Nc1ccccc1)C2=O. The Labute approximate surface area is 170 Å². The molecule has 0 unspecified atom stereocenters. The van der Waals surface area contributed by atoms with Crippen molar-refractivity contribution in [2.75, 3.05) is 18.5 Å². The summed E-state index contributed by atoms with van der Waals surface area (Å²) in [5.41, 5.74) is -0.478. The number of benzene rings is 1. The first-order chi connectivity index (χ1) is 13.6. The fraction of sp³-hybridized carbons (Fsp3) is 0.524. The molecule has 1 heterocycles. The fourth-order valence-corrected chi connectivity index (χ4v) is 4.69. The third-order valence-electron chi connectivity index (χ3n) is 5.33. The van der Waals surface area contributed by atoms with Gasteiger partial charge in [0.2, 0.25) is 0 Å². The monoisotopic (exact) mass is 401 g/mol. The molecule has 2 atom stereocenters. The lowest BCUT2D eigenvalue weighted by Gasteiger charge is -2.43. The van der Waals surface area contributed by atoms with Crippen LogP contribution in [0.25, 0.3) is 0 Å². The summed E-state index contributed by atoms with van der Waals surface area (Å²) < 4.78 is 4.95. The molecule has 2 fully saturated rings. The van der Waals surface area contributed by atoms with Gasteiger partial charge in [-0.05, 0) is 42.7 Å². The van der Waals surface area contributed by atoms with Crippen LogP contribution in [0.15, 0.2) is 30.3 Å². The Bertz CT molecular complexity index is 823. The van der Waals surface area contributed by atoms with Gasteiger partial charge in [0.25, 0.3) is 11.8 Å². The van der Waals surface area contributed by atoms with Gasteiger partial charge in [0, 0.05) is 5.69 Å². The van der Waals surface area contributed by atoms with Crippen LogP contribution < -0.4 is 10.6 Å². The maximum absolute atomic E-state index is 13.0. The Morgan fingerprint density at radius 1 is 1.21 bits per heavy atom. The molecule has 1 aliphatic heterocycles. The summed E-state index contributed by atoms with van der Waals surface area (Å²) in [4.78, 5) is 50.3. The maximum Gasteiger partial charge on any atom is 0.326 e. The molecule has 1 spiro atoms. The first kappa shape index (κ1) is 20.8. The van der Waals surface area contributed by atoms with Crippen molar-refractivity contribution in [2.45, 2.75) is 45.6 Å². The number of hydrogen-bond donors (Lipinski definition) is 2. The number of nitrogens with zero attached hydrogens (tertiary/aromatic N) is 1. The van der Waals surface area contributed by atoms with Crippen molar-refractivity contribution in [3.8, 4) is 0 Å². The van der Waals surface area contributed by atoms with Gasteiger partial charge in [0.1, 0.15) is 12.1 Å². The molecule has 1 saturated heterocycles. The molecule has 1 aliphatic carbocycles. The third kappa shape index (κ3) is 4.75. The molecule has 3 rings (SSSR count). The van der Waals surface area contributed by atoms with Crippen LogP contribution in [-0.4, -0.2) is 47.4 Å². The summed E-state index contributed by atoms with van der Waals surface area (Å²) in [5, 5.41) is 5.40. The van der Waals surface area contributed by atoms with Crippen molar-refractivity contribution >= 4 is 29.5 Å². The number of ether oxygens (including phenoxy) is 1. The second-order valence-electron chi connectivity index (χ2n) is 8.83. The van der Waals surface area contributed by atoms with E-state index in [0.717, 1.165) is 11.3 Å². The van der Waals surface area contributed by atoms with Crippen molar-refractivity contribution in [1.29, 1.82) is 0 Å². The highest BCUT2D eigenvalue weighted by Gasteiger charge is 2.56. The van der Waals surface area contributed by atoms with Gasteiger partial charge in [-0.25, -0.2) is 4.79 Å². The normalized spacial score (nSPS) is 25.6. The highest BCUT2D eigenvalue weighted by molar-refractivity contribution is 6.09. The van der Waals surface area contributed by atoms with Crippen LogP contribution in [0.1, 0.15) is 40.0 Å². The van der Waals surface area contributed by atoms with Crippen LogP contribution in [0.2, 0.25) is 0 Å². The lowest BCUT2D eigenvalue weighted by atomic mass is 9.64. The van der Waals surface area contributed by atoms with Gasteiger partial charge in [0.05, 0.1) is 0 Å². The van der Waals surface area contributed by atoms with Gasteiger partial charge >= 0.3 is 12.0 Å². The molecule has 1 aromatic carbocycles. The summed E-state index contributed by atoms with van der Waals surface area (Å²) in [5.74, 6) is -1.43. The van der Waals surface area contributed by atoms with Gasteiger partial charge in [-0.1, -0.05) is 39.0 Å². The van der Waals surface area contributed by atoms with Gasteiger partial charge in [-0.15, -0.1) is 0 Å². The van der Waals surface area contributed by atoms with Crippen LogP contribution in [0, 0.1) is 11.3 Å². The number of nitrogens with one attached hydrogen (secondary N) is 2. The number of imide groups is 1. The summed E-state index contributed by atoms with van der Waals surface area (Å²) in [6, 6.07) is 8.17. The third-order valence-corrected chi connectivity index (χ3v) is 5.33. The molecular weight excluding hydrogens is 374 g/mol. The van der Waals surface area contributed by atoms with E-state index in [1.807, 2.05) is 6.07 Å². The Kier molecular flexibility index (Phi) is 5.64. The number of para-hydroxylation sites is 1. The van der Waals surface area contributed by atoms with Crippen molar-refractivity contribution in [3.05, 3.63) is 30.3 Å². The van der Waals surface area contributed by atoms with Gasteiger partial charge < -0.3 is 15.4 Å². The van der Waals surface area contributed by atoms with E-state index in [4.69, 9.17) is 4.74 Å². The van der Waals surface area contributed by atoms with E-state index in [0.29, 0.717) is 18.5 Å². The highest BCUT2D eigenvalue weighted by Crippen LogP contribution is 2.46. The second kappa shape index (κ2) is 7.85. The Hall–Kier alpha value is -2.90. The van der Waals surface area contributed by atoms with Gasteiger partial charge in [0.15, 0.2) is 6.61 Å². The van der Waals surface area contributed by atoms with E-state index in [2.05, 4.69) is 31.4 Å². The minimum absolute atomic E-state index is 0.0906. The Morgan fingerprint density at radius 3 is 2.55 bits per heavy atom. The standard InChI is InChI=1S/C21H27N3O5/c1-14-9-20(2,3)13-21(10-14)18(27)24(19(28)23-21)11-17(26)29-12-16(25)22-15-7-5-4-6-8-15/h4-8,14H,9-13H2,1-3H3,(H,22,25)(H,23,28)/t14-,21-/m1/s1. The highest BCUT2D eigenvalue weighted by atomic mass is 16.5. The van der Waals surface area contributed by atoms with E-state index in [-0.39, 0.29) is 11.3 Å². The largest absolute Gasteiger partial charge is 0.454 e. The fourth-order valence-electron chi connectivity index (χ4n) is 4.69. The molecule has 2 N–H and O–H groups in total. The predicted molar refractivity (Wildman–Crippen MR) is 106 cm³/mol. The number of rotatable bonds is 5. The van der Waals surface area contributed by atoms with Gasteiger partial charge in [-0.2, -0.15) is 0 Å². The van der Waals surface area contributed by atoms with Crippen LogP contribution in [-0.2, 0) is 19.1 Å². The second-order valence-corrected chi connectivity index (χ2v) is 8.83. The quantitative estimate of drug-likeness (QED) is 0.582. The molecule has 4 amide bonds. The number of amides is 4. The Balaban J connectivity index is 1.56. The van der Waals surface area contributed by atoms with E-state index in [9.17, 15) is 19.2 Å². The number of esters is 1. The summed E-state index contributed by atoms with van der Waals surface area (Å²) >= 11 is 0. The zero-order chi connectivity index (χ0) is 21.2. The summed E-state index contributed by atoms with van der Waals surface area (Å²) in [6.45, 7) is 5.20. The number of carbonyl (C=O) groups is 4. The summed E-state index contributed by atoms with van der Waals surface area (Å²) in [6.07, 6.45) is 2.04. The minimum Gasteiger partial charge on any atom is -0.454 e. The van der Waals surface area contributed by atoms with Crippen molar-refractivity contribution < 1.29 is 23.9 Å². The maximum atomic E-state index is 13.0. The smallest absolute Gasteiger partial charge is 0.326 e. The Morgan fingerprint density at radius 2 is 1.90 bits per heavy atom. The molecule has 1 saturated carbocycles. The molecule has 29 heavy (non-hydrogen) atoms. The lowest BCUT2D eigenvalue weighted by molar-refractivity contribution is -0.150. The van der Waals surface area contributed by atoms with Gasteiger partial charge in [-0.3, -0.25) is 19.3 Å². The molecule has 0 radical (unpaired) electrons. The number of carbonyl (C=O) groups excluding carboxylic acids is 4. The van der Waals surface area contributed by atoms with Crippen LogP contribution in [0.4, 0.5) is 10.5 Å². The zero-order valence-corrected chi connectivity index (χ0v) is 17.0. The van der Waals surface area contributed by atoms with Crippen molar-refractivity contribution in [3.63, 3.8) is 0 Å². The van der Waals surface area contributed by atoms with Crippen molar-refractivity contribution in [1.82, 2.24) is 10.2 Å². The molecule has 0 bridgehead atoms. The van der Waals surface area contributed by atoms with E-state index < -0.39 is 42.5 Å². The first-order valence-electron chi connectivity index (χ1n) is 9.75. The molecule has 8 nitrogen and oxygen atoms in total. The number of anilines is 1. The summed E-state index contributed by atoms with van der Waals surface area (Å²) in [7, 11) is 0. The molecule has 1 aromatic rings. The average Bonchev–Trinajstić information content (AvgIpc) is 2.82. The zero-order valence-electron chi connectivity index (χ0n) is 17.0.